The molecule has 0 heterocycles. The van der Waals surface area contributed by atoms with Crippen LogP contribution in [-0.4, -0.2) is 7.85 Å². The normalized spacial score (nSPS) is 11.4. The number of hydrogen-bond acceptors (Lipinski definition) is 0. The highest BCUT2D eigenvalue weighted by molar-refractivity contribution is 9.10. The molecule has 0 aliphatic rings. The SMILES string of the molecule is [B]c1ccc2c3ccc(Br)cc3c3ccccc3c2c1. The summed E-state index contributed by atoms with van der Waals surface area (Å²) in [5.41, 5.74) is 0.805. The van der Waals surface area contributed by atoms with E-state index in [1.165, 1.54) is 32.3 Å². The molecule has 20 heavy (non-hydrogen) atoms. The fourth-order valence-corrected chi connectivity index (χ4v) is 3.31. The van der Waals surface area contributed by atoms with Crippen molar-refractivity contribution >= 4 is 61.6 Å². The Morgan fingerprint density at radius 2 is 1.15 bits per heavy atom. The van der Waals surface area contributed by atoms with E-state index in [4.69, 9.17) is 7.85 Å². The minimum atomic E-state index is 0.805. The molecule has 0 aliphatic heterocycles. The predicted octanol–water partition coefficient (Wildman–Crippen LogP) is 4.70. The van der Waals surface area contributed by atoms with Crippen molar-refractivity contribution in [2.24, 2.45) is 0 Å². The summed E-state index contributed by atoms with van der Waals surface area (Å²) in [5, 5.41) is 7.52. The highest BCUT2D eigenvalue weighted by Gasteiger charge is 2.08. The van der Waals surface area contributed by atoms with E-state index in [-0.39, 0.29) is 0 Å². The summed E-state index contributed by atoms with van der Waals surface area (Å²) in [6, 6.07) is 21.1. The lowest BCUT2D eigenvalue weighted by molar-refractivity contribution is 1.74. The van der Waals surface area contributed by atoms with Crippen molar-refractivity contribution in [2.75, 3.05) is 0 Å². The fourth-order valence-electron chi connectivity index (χ4n) is 2.95. The van der Waals surface area contributed by atoms with Crippen LogP contribution < -0.4 is 5.46 Å². The van der Waals surface area contributed by atoms with Gasteiger partial charge in [0.05, 0.1) is 0 Å². The molecule has 0 spiro atoms. The first kappa shape index (κ1) is 12.0. The third kappa shape index (κ3) is 1.68. The maximum absolute atomic E-state index is 5.98. The van der Waals surface area contributed by atoms with Gasteiger partial charge >= 0.3 is 0 Å². The third-order valence-electron chi connectivity index (χ3n) is 3.82. The number of hydrogen-bond donors (Lipinski definition) is 0. The Labute approximate surface area is 126 Å². The zero-order valence-corrected chi connectivity index (χ0v) is 12.3. The Balaban J connectivity index is 2.40. The topological polar surface area (TPSA) is 0 Å². The van der Waals surface area contributed by atoms with Gasteiger partial charge in [0.25, 0.3) is 0 Å². The van der Waals surface area contributed by atoms with Gasteiger partial charge in [0.15, 0.2) is 0 Å². The second kappa shape index (κ2) is 4.36. The first-order valence-electron chi connectivity index (χ1n) is 6.53. The van der Waals surface area contributed by atoms with Crippen molar-refractivity contribution in [1.82, 2.24) is 0 Å². The molecular formula is C18H10BBr. The van der Waals surface area contributed by atoms with E-state index in [1.54, 1.807) is 0 Å². The summed E-state index contributed by atoms with van der Waals surface area (Å²) >= 11 is 3.57. The van der Waals surface area contributed by atoms with Crippen LogP contribution in [-0.2, 0) is 0 Å². The Kier molecular flexibility index (Phi) is 2.61. The van der Waals surface area contributed by atoms with Crippen molar-refractivity contribution in [3.63, 3.8) is 0 Å². The average Bonchev–Trinajstić information content (AvgIpc) is 2.47. The van der Waals surface area contributed by atoms with Crippen molar-refractivity contribution in [2.45, 2.75) is 0 Å². The minimum absolute atomic E-state index is 0.805. The standard InChI is InChI=1S/C18H10BBr/c19-11-5-7-15-16-8-6-12(20)10-18(16)14-4-2-1-3-13(14)17(15)9-11/h1-10H. The molecule has 0 unspecified atom stereocenters. The van der Waals surface area contributed by atoms with Crippen LogP contribution in [0.25, 0.3) is 32.3 Å². The number of fused-ring (bicyclic) bond motifs is 6. The molecule has 2 heteroatoms. The summed E-state index contributed by atoms with van der Waals surface area (Å²) in [4.78, 5) is 0. The summed E-state index contributed by atoms with van der Waals surface area (Å²) in [6.45, 7) is 0. The molecular weight excluding hydrogens is 307 g/mol. The highest BCUT2D eigenvalue weighted by Crippen LogP contribution is 2.35. The molecule has 0 saturated heterocycles. The Morgan fingerprint density at radius 1 is 0.600 bits per heavy atom. The van der Waals surface area contributed by atoms with E-state index in [1.807, 2.05) is 6.07 Å². The smallest absolute Gasteiger partial charge is 0.0960 e. The van der Waals surface area contributed by atoms with Gasteiger partial charge in [-0.15, -0.1) is 0 Å². The lowest BCUT2D eigenvalue weighted by atomic mass is 9.89. The Bertz CT molecular complexity index is 872. The molecule has 0 N–H and O–H groups in total. The van der Waals surface area contributed by atoms with Crippen LogP contribution >= 0.6 is 15.9 Å². The molecule has 4 rings (SSSR count). The Hall–Kier alpha value is -1.80. The molecule has 0 atom stereocenters. The molecule has 92 valence electrons. The van der Waals surface area contributed by atoms with E-state index in [0.29, 0.717) is 0 Å². The predicted molar refractivity (Wildman–Crippen MR) is 92.0 cm³/mol. The zero-order valence-electron chi connectivity index (χ0n) is 10.7. The largest absolute Gasteiger partial charge is 0.113 e. The number of benzene rings is 4. The summed E-state index contributed by atoms with van der Waals surface area (Å²) in [7, 11) is 5.98. The van der Waals surface area contributed by atoms with Gasteiger partial charge in [0.2, 0.25) is 0 Å². The lowest BCUT2D eigenvalue weighted by Crippen LogP contribution is -2.00. The van der Waals surface area contributed by atoms with Gasteiger partial charge < -0.3 is 0 Å². The number of halogens is 1. The van der Waals surface area contributed by atoms with Gasteiger partial charge in [0, 0.05) is 4.47 Å². The van der Waals surface area contributed by atoms with E-state index in [2.05, 4.69) is 70.5 Å². The van der Waals surface area contributed by atoms with Crippen molar-refractivity contribution in [3.05, 3.63) is 65.1 Å². The maximum atomic E-state index is 5.98. The second-order valence-corrected chi connectivity index (χ2v) is 5.96. The van der Waals surface area contributed by atoms with Gasteiger partial charge in [-0.3, -0.25) is 0 Å². The van der Waals surface area contributed by atoms with Crippen LogP contribution in [0.1, 0.15) is 0 Å². The van der Waals surface area contributed by atoms with Gasteiger partial charge in [-0.2, -0.15) is 0 Å². The fraction of sp³-hybridized carbons (Fsp3) is 0. The van der Waals surface area contributed by atoms with Crippen LogP contribution in [0.5, 0.6) is 0 Å². The molecule has 2 radical (unpaired) electrons. The van der Waals surface area contributed by atoms with Crippen molar-refractivity contribution in [3.8, 4) is 0 Å². The highest BCUT2D eigenvalue weighted by atomic mass is 79.9. The molecule has 0 nitrogen and oxygen atoms in total. The van der Waals surface area contributed by atoms with Gasteiger partial charge in [-0.1, -0.05) is 69.9 Å². The maximum Gasteiger partial charge on any atom is 0.113 e. The lowest BCUT2D eigenvalue weighted by Gasteiger charge is -2.11. The first-order valence-corrected chi connectivity index (χ1v) is 7.32. The van der Waals surface area contributed by atoms with Gasteiger partial charge in [-0.25, -0.2) is 0 Å². The van der Waals surface area contributed by atoms with Crippen LogP contribution in [0.4, 0.5) is 0 Å². The quantitative estimate of drug-likeness (QED) is 0.326. The molecule has 4 aromatic carbocycles. The molecule has 0 saturated carbocycles. The molecule has 4 aromatic rings. The van der Waals surface area contributed by atoms with E-state index in [0.717, 1.165) is 9.94 Å². The number of rotatable bonds is 0. The average molecular weight is 317 g/mol. The van der Waals surface area contributed by atoms with Gasteiger partial charge in [0.1, 0.15) is 7.85 Å². The molecule has 0 fully saturated rings. The molecule has 0 aliphatic carbocycles. The molecule has 0 amide bonds. The van der Waals surface area contributed by atoms with E-state index < -0.39 is 0 Å². The van der Waals surface area contributed by atoms with Crippen molar-refractivity contribution < 1.29 is 0 Å². The van der Waals surface area contributed by atoms with Gasteiger partial charge in [-0.05, 0) is 44.5 Å². The summed E-state index contributed by atoms with van der Waals surface area (Å²) < 4.78 is 1.10. The summed E-state index contributed by atoms with van der Waals surface area (Å²) in [6.07, 6.45) is 0. The monoisotopic (exact) mass is 316 g/mol. The van der Waals surface area contributed by atoms with E-state index in [9.17, 15) is 0 Å². The molecule has 0 aromatic heterocycles. The van der Waals surface area contributed by atoms with E-state index >= 15 is 0 Å². The van der Waals surface area contributed by atoms with Crippen LogP contribution in [0.15, 0.2) is 65.1 Å². The van der Waals surface area contributed by atoms with Crippen LogP contribution in [0.3, 0.4) is 0 Å². The van der Waals surface area contributed by atoms with Crippen LogP contribution in [0.2, 0.25) is 0 Å². The summed E-state index contributed by atoms with van der Waals surface area (Å²) in [5.74, 6) is 0. The Morgan fingerprint density at radius 3 is 1.85 bits per heavy atom. The minimum Gasteiger partial charge on any atom is -0.0960 e. The zero-order chi connectivity index (χ0) is 13.7. The van der Waals surface area contributed by atoms with Crippen LogP contribution in [0, 0.1) is 0 Å². The molecule has 0 bridgehead atoms. The van der Waals surface area contributed by atoms with Crippen molar-refractivity contribution in [1.29, 1.82) is 0 Å². The first-order chi connectivity index (χ1) is 9.74. The third-order valence-corrected chi connectivity index (χ3v) is 4.32. The second-order valence-electron chi connectivity index (χ2n) is 5.04.